The van der Waals surface area contributed by atoms with Crippen LogP contribution in [0.5, 0.6) is 0 Å². The van der Waals surface area contributed by atoms with Gasteiger partial charge in [0.2, 0.25) is 0 Å². The molecule has 6 heteroatoms. The average Bonchev–Trinajstić information content (AvgIpc) is 2.41. The molecule has 2 rings (SSSR count). The second-order valence-electron chi connectivity index (χ2n) is 3.97. The van der Waals surface area contributed by atoms with Gasteiger partial charge in [-0.15, -0.1) is 0 Å². The molecule has 0 bridgehead atoms. The number of rotatable bonds is 3. The first-order valence-electron chi connectivity index (χ1n) is 5.45. The van der Waals surface area contributed by atoms with Gasteiger partial charge >= 0.3 is 0 Å². The Morgan fingerprint density at radius 1 is 1.26 bits per heavy atom. The topological polar surface area (TPSA) is 82.2 Å². The largest absolute Gasteiger partial charge is 0.318 e. The summed E-state index contributed by atoms with van der Waals surface area (Å²) < 4.78 is 1.28. The third-order valence-corrected chi connectivity index (χ3v) is 2.69. The lowest BCUT2D eigenvalue weighted by Gasteiger charge is -2.02. The molecule has 6 nitrogen and oxygen atoms in total. The van der Waals surface area contributed by atoms with Crippen molar-refractivity contribution < 1.29 is 9.72 Å². The lowest BCUT2D eigenvalue weighted by Crippen LogP contribution is -2.23. The SMILES string of the molecule is Cn1cccc(C(=O)c2cccc([N+](=O)[O-])c2)c1=O. The Morgan fingerprint density at radius 2 is 2.00 bits per heavy atom. The minimum absolute atomic E-state index is 0.00880. The Bertz CT molecular complexity index is 719. The number of carbonyl (C=O) groups is 1. The first-order valence-corrected chi connectivity index (χ1v) is 5.45. The smallest absolute Gasteiger partial charge is 0.270 e. The first-order chi connectivity index (χ1) is 9.00. The summed E-state index contributed by atoms with van der Waals surface area (Å²) in [6.07, 6.45) is 1.53. The number of carbonyl (C=O) groups excluding carboxylic acids is 1. The molecule has 0 fully saturated rings. The van der Waals surface area contributed by atoms with Crippen LogP contribution in [0.3, 0.4) is 0 Å². The third kappa shape index (κ3) is 2.42. The molecular formula is C13H10N2O4. The van der Waals surface area contributed by atoms with Crippen LogP contribution in [0.2, 0.25) is 0 Å². The van der Waals surface area contributed by atoms with Crippen LogP contribution in [0.25, 0.3) is 0 Å². The summed E-state index contributed by atoms with van der Waals surface area (Å²) in [7, 11) is 1.53. The fraction of sp³-hybridized carbons (Fsp3) is 0.0769. The van der Waals surface area contributed by atoms with Crippen LogP contribution in [0.4, 0.5) is 5.69 Å². The van der Waals surface area contributed by atoms with Gasteiger partial charge in [-0.25, -0.2) is 0 Å². The number of aryl methyl sites for hydroxylation is 1. The Balaban J connectivity index is 2.50. The van der Waals surface area contributed by atoms with Crippen molar-refractivity contribution in [2.24, 2.45) is 7.05 Å². The second-order valence-corrected chi connectivity index (χ2v) is 3.97. The van der Waals surface area contributed by atoms with Crippen molar-refractivity contribution in [3.8, 4) is 0 Å². The number of benzene rings is 1. The molecule has 0 spiro atoms. The van der Waals surface area contributed by atoms with Crippen molar-refractivity contribution >= 4 is 11.5 Å². The lowest BCUT2D eigenvalue weighted by atomic mass is 10.0. The zero-order chi connectivity index (χ0) is 14.0. The molecule has 0 saturated heterocycles. The fourth-order valence-corrected chi connectivity index (χ4v) is 1.69. The number of hydrogen-bond acceptors (Lipinski definition) is 4. The highest BCUT2D eigenvalue weighted by atomic mass is 16.6. The quantitative estimate of drug-likeness (QED) is 0.475. The van der Waals surface area contributed by atoms with Crippen LogP contribution < -0.4 is 5.56 Å². The summed E-state index contributed by atoms with van der Waals surface area (Å²) in [6.45, 7) is 0. The molecule has 0 N–H and O–H groups in total. The molecular weight excluding hydrogens is 248 g/mol. The van der Waals surface area contributed by atoms with Gasteiger partial charge in [-0.1, -0.05) is 12.1 Å². The summed E-state index contributed by atoms with van der Waals surface area (Å²) in [5.74, 6) is -0.523. The highest BCUT2D eigenvalue weighted by Gasteiger charge is 2.16. The molecule has 2 aromatic rings. The average molecular weight is 258 g/mol. The number of pyridine rings is 1. The standard InChI is InChI=1S/C13H10N2O4/c1-14-7-3-6-11(13(14)17)12(16)9-4-2-5-10(8-9)15(18)19/h2-8H,1H3. The molecule has 0 aliphatic rings. The highest BCUT2D eigenvalue weighted by Crippen LogP contribution is 2.15. The maximum Gasteiger partial charge on any atom is 0.270 e. The van der Waals surface area contributed by atoms with Crippen LogP contribution >= 0.6 is 0 Å². The van der Waals surface area contributed by atoms with Gasteiger partial charge in [0, 0.05) is 30.9 Å². The monoisotopic (exact) mass is 258 g/mol. The van der Waals surface area contributed by atoms with E-state index in [4.69, 9.17) is 0 Å². The van der Waals surface area contributed by atoms with E-state index in [1.165, 1.54) is 42.1 Å². The Hall–Kier alpha value is -2.76. The van der Waals surface area contributed by atoms with E-state index in [2.05, 4.69) is 0 Å². The van der Waals surface area contributed by atoms with Crippen LogP contribution in [0.1, 0.15) is 15.9 Å². The molecule has 19 heavy (non-hydrogen) atoms. The third-order valence-electron chi connectivity index (χ3n) is 2.69. The molecule has 0 aliphatic carbocycles. The van der Waals surface area contributed by atoms with E-state index in [1.807, 2.05) is 0 Å². The van der Waals surface area contributed by atoms with Crippen molar-refractivity contribution in [1.82, 2.24) is 4.57 Å². The van der Waals surface area contributed by atoms with E-state index in [0.29, 0.717) is 0 Å². The van der Waals surface area contributed by atoms with E-state index in [0.717, 1.165) is 6.07 Å². The van der Waals surface area contributed by atoms with Crippen molar-refractivity contribution in [3.63, 3.8) is 0 Å². The molecule has 0 atom stereocenters. The van der Waals surface area contributed by atoms with Gasteiger partial charge in [-0.2, -0.15) is 0 Å². The predicted molar refractivity (Wildman–Crippen MR) is 68.2 cm³/mol. The maximum absolute atomic E-state index is 12.2. The molecule has 0 saturated carbocycles. The van der Waals surface area contributed by atoms with Gasteiger partial charge in [0.1, 0.15) is 0 Å². The van der Waals surface area contributed by atoms with Gasteiger partial charge in [-0.3, -0.25) is 19.7 Å². The van der Waals surface area contributed by atoms with E-state index in [1.54, 1.807) is 6.07 Å². The zero-order valence-electron chi connectivity index (χ0n) is 10.1. The Labute approximate surface area is 108 Å². The van der Waals surface area contributed by atoms with Crippen LogP contribution in [-0.4, -0.2) is 15.3 Å². The molecule has 1 aromatic heterocycles. The maximum atomic E-state index is 12.2. The zero-order valence-corrected chi connectivity index (χ0v) is 10.1. The van der Waals surface area contributed by atoms with Crippen molar-refractivity contribution in [2.45, 2.75) is 0 Å². The Morgan fingerprint density at radius 3 is 2.68 bits per heavy atom. The number of aromatic nitrogens is 1. The molecule has 1 aromatic carbocycles. The van der Waals surface area contributed by atoms with Crippen LogP contribution in [0, 0.1) is 10.1 Å². The summed E-state index contributed by atoms with van der Waals surface area (Å²) in [5, 5.41) is 10.7. The van der Waals surface area contributed by atoms with Crippen molar-refractivity contribution in [1.29, 1.82) is 0 Å². The minimum atomic E-state index is -0.583. The summed E-state index contributed by atoms with van der Waals surface area (Å²) in [5.41, 5.74) is -0.499. The normalized spacial score (nSPS) is 10.2. The van der Waals surface area contributed by atoms with Gasteiger partial charge in [0.05, 0.1) is 10.5 Å². The van der Waals surface area contributed by atoms with Gasteiger partial charge in [0.25, 0.3) is 11.2 Å². The lowest BCUT2D eigenvalue weighted by molar-refractivity contribution is -0.384. The number of nitro benzene ring substituents is 1. The summed E-state index contributed by atoms with van der Waals surface area (Å²) in [4.78, 5) is 34.0. The van der Waals surface area contributed by atoms with E-state index in [9.17, 15) is 19.7 Å². The number of ketones is 1. The highest BCUT2D eigenvalue weighted by molar-refractivity contribution is 6.09. The molecule has 0 aliphatic heterocycles. The molecule has 1 heterocycles. The molecule has 0 unspecified atom stereocenters. The van der Waals surface area contributed by atoms with Crippen molar-refractivity contribution in [3.05, 3.63) is 74.2 Å². The summed E-state index contributed by atoms with van der Waals surface area (Å²) in [6, 6.07) is 8.30. The second kappa shape index (κ2) is 4.85. The summed E-state index contributed by atoms with van der Waals surface area (Å²) >= 11 is 0. The predicted octanol–water partition coefficient (Wildman–Crippen LogP) is 1.52. The number of nitro groups is 1. The van der Waals surface area contributed by atoms with Crippen LogP contribution in [0.15, 0.2) is 47.4 Å². The van der Waals surface area contributed by atoms with E-state index in [-0.39, 0.29) is 16.8 Å². The fourth-order valence-electron chi connectivity index (χ4n) is 1.69. The minimum Gasteiger partial charge on any atom is -0.318 e. The number of non-ortho nitro benzene ring substituents is 1. The molecule has 96 valence electrons. The molecule has 0 radical (unpaired) electrons. The number of nitrogens with zero attached hydrogens (tertiary/aromatic N) is 2. The van der Waals surface area contributed by atoms with E-state index >= 15 is 0 Å². The van der Waals surface area contributed by atoms with Gasteiger partial charge < -0.3 is 4.57 Å². The van der Waals surface area contributed by atoms with Gasteiger partial charge in [-0.05, 0) is 12.1 Å². The van der Waals surface area contributed by atoms with E-state index < -0.39 is 16.3 Å². The van der Waals surface area contributed by atoms with Gasteiger partial charge in [0.15, 0.2) is 5.78 Å². The molecule has 0 amide bonds. The first kappa shape index (κ1) is 12.7. The van der Waals surface area contributed by atoms with Crippen LogP contribution in [-0.2, 0) is 7.05 Å². The Kier molecular flexibility index (Phi) is 3.24. The number of hydrogen-bond donors (Lipinski definition) is 0. The van der Waals surface area contributed by atoms with Crippen molar-refractivity contribution in [2.75, 3.05) is 0 Å².